The van der Waals surface area contributed by atoms with Gasteiger partial charge in [0.25, 0.3) is 0 Å². The summed E-state index contributed by atoms with van der Waals surface area (Å²) in [6, 6.07) is 7.94. The Balaban J connectivity index is 2.03. The Bertz CT molecular complexity index is 590. The van der Waals surface area contributed by atoms with Crippen LogP contribution >= 0.6 is 11.6 Å². The van der Waals surface area contributed by atoms with Gasteiger partial charge in [-0.1, -0.05) is 11.6 Å². The number of nitrogens with one attached hydrogen (secondary N) is 1. The van der Waals surface area contributed by atoms with Gasteiger partial charge in [0.2, 0.25) is 0 Å². The van der Waals surface area contributed by atoms with E-state index in [1.807, 2.05) is 49.7 Å². The third-order valence-corrected chi connectivity index (χ3v) is 3.63. The minimum Gasteiger partial charge on any atom is -0.491 e. The Labute approximate surface area is 131 Å². The van der Waals surface area contributed by atoms with E-state index in [4.69, 9.17) is 16.3 Å². The second-order valence-corrected chi connectivity index (χ2v) is 5.58. The molecule has 1 N–H and O–H groups in total. The van der Waals surface area contributed by atoms with E-state index in [2.05, 4.69) is 17.3 Å². The van der Waals surface area contributed by atoms with Crippen molar-refractivity contribution in [3.8, 4) is 5.75 Å². The van der Waals surface area contributed by atoms with E-state index in [0.717, 1.165) is 34.4 Å². The molecule has 2 rings (SSSR count). The van der Waals surface area contributed by atoms with Crippen molar-refractivity contribution in [1.29, 1.82) is 0 Å². The van der Waals surface area contributed by atoms with Gasteiger partial charge in [-0.15, -0.1) is 0 Å². The summed E-state index contributed by atoms with van der Waals surface area (Å²) in [5, 5.41) is 8.52. The number of benzene rings is 1. The van der Waals surface area contributed by atoms with Crippen LogP contribution in [0.15, 0.2) is 24.3 Å². The molecular formula is C16H22ClN3O. The normalized spacial score (nSPS) is 11.0. The third-order valence-electron chi connectivity index (χ3n) is 3.14. The molecule has 0 aliphatic carbocycles. The van der Waals surface area contributed by atoms with Crippen LogP contribution in [0.25, 0.3) is 0 Å². The maximum absolute atomic E-state index is 6.30. The van der Waals surface area contributed by atoms with E-state index in [9.17, 15) is 0 Å². The van der Waals surface area contributed by atoms with Crippen LogP contribution in [0.5, 0.6) is 5.75 Å². The number of ether oxygens (including phenoxy) is 1. The highest BCUT2D eigenvalue weighted by Gasteiger charge is 2.11. The van der Waals surface area contributed by atoms with Gasteiger partial charge in [0, 0.05) is 12.2 Å². The number of nitrogens with zero attached hydrogens (tertiary/aromatic N) is 2. The van der Waals surface area contributed by atoms with Crippen LogP contribution < -0.4 is 10.1 Å². The summed E-state index contributed by atoms with van der Waals surface area (Å²) in [6.07, 6.45) is 0.185. The molecule has 4 nitrogen and oxygen atoms in total. The standard InChI is InChI=1S/C16H22ClN3O/c1-5-20-15(16(17)12(4)19-20)10-18-13-6-8-14(9-7-13)21-11(2)3/h6-9,11,18H,5,10H2,1-4H3. The lowest BCUT2D eigenvalue weighted by molar-refractivity contribution is 0.242. The molecule has 1 heterocycles. The summed E-state index contributed by atoms with van der Waals surface area (Å²) in [5.74, 6) is 0.878. The summed E-state index contributed by atoms with van der Waals surface area (Å²) in [4.78, 5) is 0. The van der Waals surface area contributed by atoms with E-state index >= 15 is 0 Å². The Kier molecular flexibility index (Phi) is 5.12. The van der Waals surface area contributed by atoms with Crippen molar-refractivity contribution in [1.82, 2.24) is 9.78 Å². The number of hydrogen-bond donors (Lipinski definition) is 1. The van der Waals surface area contributed by atoms with Crippen molar-refractivity contribution in [3.63, 3.8) is 0 Å². The van der Waals surface area contributed by atoms with E-state index in [-0.39, 0.29) is 6.10 Å². The van der Waals surface area contributed by atoms with Gasteiger partial charge in [0.05, 0.1) is 29.1 Å². The first kappa shape index (κ1) is 15.7. The lowest BCUT2D eigenvalue weighted by atomic mass is 10.3. The minimum atomic E-state index is 0.185. The average molecular weight is 308 g/mol. The molecule has 21 heavy (non-hydrogen) atoms. The third kappa shape index (κ3) is 3.91. The molecule has 0 unspecified atom stereocenters. The van der Waals surface area contributed by atoms with Crippen molar-refractivity contribution in [2.45, 2.75) is 46.9 Å². The largest absolute Gasteiger partial charge is 0.491 e. The van der Waals surface area contributed by atoms with Crippen molar-refractivity contribution in [2.75, 3.05) is 5.32 Å². The van der Waals surface area contributed by atoms with Crippen molar-refractivity contribution < 1.29 is 4.74 Å². The lowest BCUT2D eigenvalue weighted by Crippen LogP contribution is -2.08. The van der Waals surface area contributed by atoms with Crippen LogP contribution in [0.1, 0.15) is 32.2 Å². The Morgan fingerprint density at radius 1 is 1.29 bits per heavy atom. The molecule has 0 fully saturated rings. The zero-order chi connectivity index (χ0) is 15.4. The van der Waals surface area contributed by atoms with E-state index in [1.165, 1.54) is 0 Å². The Morgan fingerprint density at radius 3 is 2.52 bits per heavy atom. The van der Waals surface area contributed by atoms with Crippen LogP contribution in [-0.2, 0) is 13.1 Å². The van der Waals surface area contributed by atoms with Gasteiger partial charge < -0.3 is 10.1 Å². The summed E-state index contributed by atoms with van der Waals surface area (Å²) in [5.41, 5.74) is 2.92. The monoisotopic (exact) mass is 307 g/mol. The first-order valence-electron chi connectivity index (χ1n) is 7.23. The average Bonchev–Trinajstić information content (AvgIpc) is 2.73. The van der Waals surface area contributed by atoms with Crippen molar-refractivity contribution >= 4 is 17.3 Å². The molecule has 0 aliphatic rings. The van der Waals surface area contributed by atoms with Gasteiger partial charge in [-0.05, 0) is 52.0 Å². The number of aryl methyl sites for hydroxylation is 2. The molecule has 0 radical (unpaired) electrons. The van der Waals surface area contributed by atoms with Gasteiger partial charge in [-0.2, -0.15) is 5.10 Å². The van der Waals surface area contributed by atoms with Crippen LogP contribution in [0.2, 0.25) is 5.02 Å². The fraction of sp³-hybridized carbons (Fsp3) is 0.438. The van der Waals surface area contributed by atoms with E-state index < -0.39 is 0 Å². The molecule has 0 amide bonds. The second kappa shape index (κ2) is 6.85. The molecule has 0 bridgehead atoms. The zero-order valence-electron chi connectivity index (χ0n) is 13.0. The van der Waals surface area contributed by atoms with Gasteiger partial charge in [-0.3, -0.25) is 4.68 Å². The SMILES string of the molecule is CCn1nc(C)c(Cl)c1CNc1ccc(OC(C)C)cc1. The second-order valence-electron chi connectivity index (χ2n) is 5.21. The summed E-state index contributed by atoms with van der Waals surface area (Å²) in [7, 11) is 0. The highest BCUT2D eigenvalue weighted by molar-refractivity contribution is 6.31. The van der Waals surface area contributed by atoms with Gasteiger partial charge in [0.1, 0.15) is 5.75 Å². The minimum absolute atomic E-state index is 0.185. The zero-order valence-corrected chi connectivity index (χ0v) is 13.7. The van der Waals surface area contributed by atoms with E-state index in [1.54, 1.807) is 0 Å². The van der Waals surface area contributed by atoms with Crippen molar-refractivity contribution in [3.05, 3.63) is 40.7 Å². The molecule has 1 aromatic heterocycles. The summed E-state index contributed by atoms with van der Waals surface area (Å²) < 4.78 is 7.56. The van der Waals surface area contributed by atoms with E-state index in [0.29, 0.717) is 6.54 Å². The molecule has 1 aromatic carbocycles. The smallest absolute Gasteiger partial charge is 0.119 e. The van der Waals surface area contributed by atoms with Gasteiger partial charge in [-0.25, -0.2) is 0 Å². The predicted molar refractivity (Wildman–Crippen MR) is 87.2 cm³/mol. The maximum atomic E-state index is 6.30. The summed E-state index contributed by atoms with van der Waals surface area (Å²) >= 11 is 6.30. The number of anilines is 1. The van der Waals surface area contributed by atoms with Crippen molar-refractivity contribution in [2.24, 2.45) is 0 Å². The van der Waals surface area contributed by atoms with Crippen LogP contribution in [0.3, 0.4) is 0 Å². The number of hydrogen-bond acceptors (Lipinski definition) is 3. The number of aromatic nitrogens is 2. The Morgan fingerprint density at radius 2 is 1.95 bits per heavy atom. The maximum Gasteiger partial charge on any atom is 0.119 e. The van der Waals surface area contributed by atoms with Crippen LogP contribution in [-0.4, -0.2) is 15.9 Å². The molecular weight excluding hydrogens is 286 g/mol. The molecule has 5 heteroatoms. The van der Waals surface area contributed by atoms with Gasteiger partial charge >= 0.3 is 0 Å². The molecule has 114 valence electrons. The molecule has 0 saturated heterocycles. The Hall–Kier alpha value is -1.68. The molecule has 2 aromatic rings. The fourth-order valence-corrected chi connectivity index (χ4v) is 2.35. The number of halogens is 1. The highest BCUT2D eigenvalue weighted by Crippen LogP contribution is 2.22. The van der Waals surface area contributed by atoms with Gasteiger partial charge in [0.15, 0.2) is 0 Å². The lowest BCUT2D eigenvalue weighted by Gasteiger charge is -2.12. The topological polar surface area (TPSA) is 39.1 Å². The molecule has 0 spiro atoms. The molecule has 0 aliphatic heterocycles. The first-order valence-corrected chi connectivity index (χ1v) is 7.61. The first-order chi connectivity index (χ1) is 10.0. The fourth-order valence-electron chi connectivity index (χ4n) is 2.15. The quantitative estimate of drug-likeness (QED) is 0.866. The highest BCUT2D eigenvalue weighted by atomic mass is 35.5. The predicted octanol–water partition coefficient (Wildman–Crippen LogP) is 4.26. The molecule has 0 saturated carbocycles. The van der Waals surface area contributed by atoms with Crippen LogP contribution in [0, 0.1) is 6.92 Å². The molecule has 0 atom stereocenters. The number of rotatable bonds is 6. The van der Waals surface area contributed by atoms with Crippen LogP contribution in [0.4, 0.5) is 5.69 Å². The summed E-state index contributed by atoms with van der Waals surface area (Å²) in [6.45, 7) is 9.48.